The molecule has 0 heterocycles. The lowest BCUT2D eigenvalue weighted by molar-refractivity contribution is 0.0697. The first-order chi connectivity index (χ1) is 9.51. The molecule has 0 radical (unpaired) electrons. The standard InChI is InChI=1S/C14H10ClN3O2/c15-10-3-1-8(7-16)5-13(10)18-12-4-2-9(14(19)20)6-11(12)17/h1-6,18H,17H2,(H,19,20). The monoisotopic (exact) mass is 287 g/mol. The molecule has 0 atom stereocenters. The Morgan fingerprint density at radius 1 is 1.25 bits per heavy atom. The number of aromatic carboxylic acids is 1. The zero-order valence-corrected chi connectivity index (χ0v) is 11.0. The minimum Gasteiger partial charge on any atom is -0.478 e. The van der Waals surface area contributed by atoms with Gasteiger partial charge in [0, 0.05) is 0 Å². The molecule has 0 aliphatic heterocycles. The van der Waals surface area contributed by atoms with Crippen molar-refractivity contribution < 1.29 is 9.90 Å². The molecule has 0 fully saturated rings. The van der Waals surface area contributed by atoms with Gasteiger partial charge in [0.2, 0.25) is 0 Å². The van der Waals surface area contributed by atoms with Crippen molar-refractivity contribution in [2.75, 3.05) is 11.1 Å². The number of anilines is 3. The summed E-state index contributed by atoms with van der Waals surface area (Å²) in [4.78, 5) is 10.8. The van der Waals surface area contributed by atoms with Crippen molar-refractivity contribution in [3.05, 3.63) is 52.5 Å². The summed E-state index contributed by atoms with van der Waals surface area (Å²) in [6.45, 7) is 0. The molecule has 2 aromatic rings. The second-order valence-corrected chi connectivity index (χ2v) is 4.45. The molecule has 5 nitrogen and oxygen atoms in total. The maximum atomic E-state index is 10.8. The fourth-order valence-electron chi connectivity index (χ4n) is 1.65. The van der Waals surface area contributed by atoms with Crippen molar-refractivity contribution in [3.8, 4) is 6.07 Å². The van der Waals surface area contributed by atoms with Gasteiger partial charge in [-0.25, -0.2) is 4.79 Å². The van der Waals surface area contributed by atoms with Gasteiger partial charge in [-0.15, -0.1) is 0 Å². The first-order valence-corrected chi connectivity index (χ1v) is 5.98. The molecule has 0 aliphatic rings. The van der Waals surface area contributed by atoms with Gasteiger partial charge in [0.1, 0.15) is 0 Å². The van der Waals surface area contributed by atoms with Gasteiger partial charge < -0.3 is 16.2 Å². The maximum Gasteiger partial charge on any atom is 0.335 e. The second-order valence-electron chi connectivity index (χ2n) is 4.04. The van der Waals surface area contributed by atoms with E-state index >= 15 is 0 Å². The minimum atomic E-state index is -1.05. The van der Waals surface area contributed by atoms with Gasteiger partial charge in [0.05, 0.1) is 39.3 Å². The van der Waals surface area contributed by atoms with Crippen LogP contribution in [0.15, 0.2) is 36.4 Å². The second kappa shape index (κ2) is 5.51. The summed E-state index contributed by atoms with van der Waals surface area (Å²) in [6, 6.07) is 11.1. The number of halogens is 1. The van der Waals surface area contributed by atoms with Gasteiger partial charge in [-0.3, -0.25) is 0 Å². The van der Waals surface area contributed by atoms with Crippen molar-refractivity contribution in [2.45, 2.75) is 0 Å². The first-order valence-electron chi connectivity index (χ1n) is 5.61. The average Bonchev–Trinajstić information content (AvgIpc) is 2.43. The molecular weight excluding hydrogens is 278 g/mol. The molecule has 0 saturated carbocycles. The highest BCUT2D eigenvalue weighted by molar-refractivity contribution is 6.33. The molecule has 2 rings (SSSR count). The van der Waals surface area contributed by atoms with Crippen molar-refractivity contribution >= 4 is 34.6 Å². The van der Waals surface area contributed by atoms with Gasteiger partial charge >= 0.3 is 5.97 Å². The van der Waals surface area contributed by atoms with E-state index in [0.717, 1.165) is 0 Å². The Kier molecular flexibility index (Phi) is 3.78. The third kappa shape index (κ3) is 2.82. The Morgan fingerprint density at radius 2 is 2.00 bits per heavy atom. The van der Waals surface area contributed by atoms with Crippen LogP contribution in [-0.2, 0) is 0 Å². The number of nitrogens with zero attached hydrogens (tertiary/aromatic N) is 1. The molecule has 6 heteroatoms. The van der Waals surface area contributed by atoms with E-state index in [0.29, 0.717) is 22.0 Å². The highest BCUT2D eigenvalue weighted by Gasteiger charge is 2.08. The largest absolute Gasteiger partial charge is 0.478 e. The molecule has 0 unspecified atom stereocenters. The van der Waals surface area contributed by atoms with Gasteiger partial charge in [0.25, 0.3) is 0 Å². The number of hydrogen-bond acceptors (Lipinski definition) is 4. The van der Waals surface area contributed by atoms with Gasteiger partial charge in [-0.05, 0) is 36.4 Å². The number of nitriles is 1. The number of nitrogens with two attached hydrogens (primary N) is 1. The van der Waals surface area contributed by atoms with Gasteiger partial charge in [-0.1, -0.05) is 11.6 Å². The van der Waals surface area contributed by atoms with Crippen LogP contribution in [0.2, 0.25) is 5.02 Å². The first kappa shape index (κ1) is 13.7. The molecule has 0 bridgehead atoms. The number of nitrogen functional groups attached to an aromatic ring is 1. The summed E-state index contributed by atoms with van der Waals surface area (Å²) >= 11 is 6.03. The van der Waals surface area contributed by atoms with Crippen LogP contribution in [0.4, 0.5) is 17.1 Å². The zero-order valence-electron chi connectivity index (χ0n) is 10.2. The third-order valence-electron chi connectivity index (χ3n) is 2.66. The van der Waals surface area contributed by atoms with Crippen LogP contribution in [-0.4, -0.2) is 11.1 Å². The van der Waals surface area contributed by atoms with Gasteiger partial charge in [0.15, 0.2) is 0 Å². The summed E-state index contributed by atoms with van der Waals surface area (Å²) in [7, 11) is 0. The summed E-state index contributed by atoms with van der Waals surface area (Å²) in [5.41, 5.74) is 7.68. The van der Waals surface area contributed by atoms with Crippen LogP contribution in [0.3, 0.4) is 0 Å². The summed E-state index contributed by atoms with van der Waals surface area (Å²) < 4.78 is 0. The third-order valence-corrected chi connectivity index (χ3v) is 2.99. The van der Waals surface area contributed by atoms with E-state index in [4.69, 9.17) is 27.7 Å². The van der Waals surface area contributed by atoms with E-state index in [2.05, 4.69) is 5.32 Å². The summed E-state index contributed by atoms with van der Waals surface area (Å²) in [5, 5.41) is 21.1. The fourth-order valence-corrected chi connectivity index (χ4v) is 1.81. The molecule has 100 valence electrons. The van der Waals surface area contributed by atoms with E-state index in [1.54, 1.807) is 24.3 Å². The highest BCUT2D eigenvalue weighted by Crippen LogP contribution is 2.29. The van der Waals surface area contributed by atoms with E-state index in [1.165, 1.54) is 12.1 Å². The maximum absolute atomic E-state index is 10.8. The molecule has 0 aliphatic carbocycles. The van der Waals surface area contributed by atoms with Crippen LogP contribution in [0, 0.1) is 11.3 Å². The Labute approximate surface area is 120 Å². The van der Waals surface area contributed by atoms with Crippen LogP contribution in [0.25, 0.3) is 0 Å². The predicted octanol–water partition coefficient (Wildman–Crippen LogP) is 3.24. The number of nitrogens with one attached hydrogen (secondary N) is 1. The average molecular weight is 288 g/mol. The van der Waals surface area contributed by atoms with Crippen molar-refractivity contribution in [1.29, 1.82) is 5.26 Å². The Bertz CT molecular complexity index is 723. The molecule has 2 aromatic carbocycles. The lowest BCUT2D eigenvalue weighted by Crippen LogP contribution is -2.01. The number of benzene rings is 2. The van der Waals surface area contributed by atoms with Gasteiger partial charge in [-0.2, -0.15) is 5.26 Å². The minimum absolute atomic E-state index is 0.102. The quantitative estimate of drug-likeness (QED) is 0.753. The Morgan fingerprint density at radius 3 is 2.60 bits per heavy atom. The Hall–Kier alpha value is -2.71. The van der Waals surface area contributed by atoms with E-state index in [-0.39, 0.29) is 11.3 Å². The molecule has 0 aromatic heterocycles. The SMILES string of the molecule is N#Cc1ccc(Cl)c(Nc2ccc(C(=O)O)cc2N)c1. The van der Waals surface area contributed by atoms with Crippen LogP contribution >= 0.6 is 11.6 Å². The molecule has 4 N–H and O–H groups in total. The van der Waals surface area contributed by atoms with Crippen molar-refractivity contribution in [2.24, 2.45) is 0 Å². The predicted molar refractivity (Wildman–Crippen MR) is 77.3 cm³/mol. The lowest BCUT2D eigenvalue weighted by atomic mass is 10.1. The smallest absolute Gasteiger partial charge is 0.335 e. The lowest BCUT2D eigenvalue weighted by Gasteiger charge is -2.11. The fraction of sp³-hybridized carbons (Fsp3) is 0. The van der Waals surface area contributed by atoms with Crippen LogP contribution < -0.4 is 11.1 Å². The molecular formula is C14H10ClN3O2. The van der Waals surface area contributed by atoms with Crippen LogP contribution in [0.5, 0.6) is 0 Å². The number of carboxylic acid groups (broad SMARTS) is 1. The van der Waals surface area contributed by atoms with E-state index in [1.807, 2.05) is 6.07 Å². The molecule has 0 spiro atoms. The highest BCUT2D eigenvalue weighted by atomic mass is 35.5. The van der Waals surface area contributed by atoms with E-state index < -0.39 is 5.97 Å². The summed E-state index contributed by atoms with van der Waals surface area (Å²) in [6.07, 6.45) is 0. The topological polar surface area (TPSA) is 99.1 Å². The number of hydrogen-bond donors (Lipinski definition) is 3. The zero-order chi connectivity index (χ0) is 14.7. The van der Waals surface area contributed by atoms with Crippen molar-refractivity contribution in [3.63, 3.8) is 0 Å². The van der Waals surface area contributed by atoms with E-state index in [9.17, 15) is 4.79 Å². The van der Waals surface area contributed by atoms with Crippen molar-refractivity contribution in [1.82, 2.24) is 0 Å². The summed E-state index contributed by atoms with van der Waals surface area (Å²) in [5.74, 6) is -1.05. The van der Waals surface area contributed by atoms with Crippen LogP contribution in [0.1, 0.15) is 15.9 Å². The number of carbonyl (C=O) groups is 1. The molecule has 20 heavy (non-hydrogen) atoms. The molecule has 0 amide bonds. The Balaban J connectivity index is 2.35. The number of rotatable bonds is 3. The number of carboxylic acids is 1. The normalized spacial score (nSPS) is 9.80. The molecule has 0 saturated heterocycles.